The van der Waals surface area contributed by atoms with Gasteiger partial charge in [0.2, 0.25) is 0 Å². The molecular weight excluding hydrogens is 345 g/mol. The number of hydrogen-bond donors (Lipinski definition) is 1. The molecule has 3 aromatic rings. The Balaban J connectivity index is 1.84. The number of hydrogen-bond acceptors (Lipinski definition) is 4. The Morgan fingerprint density at radius 1 is 1.05 bits per heavy atom. The second-order valence-electron chi connectivity index (χ2n) is 4.57. The van der Waals surface area contributed by atoms with Crippen molar-refractivity contribution in [2.24, 2.45) is 0 Å². The van der Waals surface area contributed by atoms with Crippen LogP contribution in [0.3, 0.4) is 0 Å². The van der Waals surface area contributed by atoms with Crippen molar-refractivity contribution in [1.29, 1.82) is 0 Å². The van der Waals surface area contributed by atoms with Crippen LogP contribution in [-0.2, 0) is 6.54 Å². The van der Waals surface area contributed by atoms with Crippen LogP contribution in [0.5, 0.6) is 0 Å². The zero-order valence-corrected chi connectivity index (χ0v) is 14.1. The van der Waals surface area contributed by atoms with E-state index in [0.29, 0.717) is 4.72 Å². The first kappa shape index (κ1) is 14.4. The van der Waals surface area contributed by atoms with Gasteiger partial charge in [-0.05, 0) is 0 Å². The van der Waals surface area contributed by atoms with E-state index < -0.39 is 0 Å². The molecule has 0 bridgehead atoms. The van der Waals surface area contributed by atoms with E-state index in [-0.39, 0.29) is 0 Å². The van der Waals surface area contributed by atoms with E-state index in [1.165, 1.54) is 10.5 Å². The van der Waals surface area contributed by atoms with E-state index in [4.69, 9.17) is 0 Å². The van der Waals surface area contributed by atoms with E-state index in [1.807, 2.05) is 24.3 Å². The van der Waals surface area contributed by atoms with E-state index in [0.717, 1.165) is 23.3 Å². The van der Waals surface area contributed by atoms with Gasteiger partial charge in [-0.1, -0.05) is 0 Å². The number of anilines is 1. The molecule has 0 spiro atoms. The standard InChI is InChI=1S/C16H14N3SSe/c1-20-12-8-6-11(7-9-12)10-17-15-13-4-2-3-5-14(13)18-16(21)19-15/h2-9H,10H2,1H3,(H,17,18,19). The molecular formula is C16H14N3SSe. The number of para-hydroxylation sites is 1. The summed E-state index contributed by atoms with van der Waals surface area (Å²) in [6.45, 7) is 0.745. The monoisotopic (exact) mass is 360 g/mol. The van der Waals surface area contributed by atoms with Crippen molar-refractivity contribution in [2.45, 2.75) is 11.4 Å². The Kier molecular flexibility index (Phi) is 4.44. The molecule has 0 unspecified atom stereocenters. The van der Waals surface area contributed by atoms with Crippen molar-refractivity contribution in [1.82, 2.24) is 9.97 Å². The van der Waals surface area contributed by atoms with E-state index >= 15 is 0 Å². The number of thioether (sulfide) groups is 1. The molecule has 1 N–H and O–H groups in total. The van der Waals surface area contributed by atoms with Gasteiger partial charge in [0.15, 0.2) is 0 Å². The normalized spacial score (nSPS) is 10.7. The molecule has 2 aromatic carbocycles. The van der Waals surface area contributed by atoms with Crippen molar-refractivity contribution >= 4 is 49.2 Å². The summed E-state index contributed by atoms with van der Waals surface area (Å²) in [5.41, 5.74) is 2.18. The SMILES string of the molecule is CSc1ccc(CNc2nc([Se])nc3ccccc23)cc1. The number of aromatic nitrogens is 2. The Bertz CT molecular complexity index is 759. The fourth-order valence-corrected chi connectivity index (χ4v) is 2.93. The summed E-state index contributed by atoms with van der Waals surface area (Å²) >= 11 is 4.63. The second-order valence-corrected chi connectivity index (χ2v) is 6.22. The van der Waals surface area contributed by atoms with Crippen LogP contribution in [0, 0.1) is 0 Å². The van der Waals surface area contributed by atoms with Gasteiger partial charge in [0.05, 0.1) is 0 Å². The van der Waals surface area contributed by atoms with E-state index in [2.05, 4.69) is 61.8 Å². The van der Waals surface area contributed by atoms with Crippen LogP contribution in [-0.4, -0.2) is 32.2 Å². The van der Waals surface area contributed by atoms with Gasteiger partial charge in [0, 0.05) is 0 Å². The zero-order chi connectivity index (χ0) is 14.7. The fraction of sp³-hybridized carbons (Fsp3) is 0.125. The van der Waals surface area contributed by atoms with Crippen molar-refractivity contribution < 1.29 is 0 Å². The third-order valence-electron chi connectivity index (χ3n) is 3.20. The van der Waals surface area contributed by atoms with Crippen LogP contribution >= 0.6 is 11.8 Å². The molecule has 105 valence electrons. The summed E-state index contributed by atoms with van der Waals surface area (Å²) in [6, 6.07) is 16.6. The molecule has 21 heavy (non-hydrogen) atoms. The Hall–Kier alpha value is -1.55. The molecule has 1 heterocycles. The Morgan fingerprint density at radius 3 is 2.57 bits per heavy atom. The first-order valence-electron chi connectivity index (χ1n) is 6.57. The van der Waals surface area contributed by atoms with E-state index in [1.54, 1.807) is 11.8 Å². The quantitative estimate of drug-likeness (QED) is 0.574. The molecule has 0 aliphatic heterocycles. The predicted octanol–water partition coefficient (Wildman–Crippen LogP) is 2.76. The minimum absolute atomic E-state index is 0.661. The summed E-state index contributed by atoms with van der Waals surface area (Å²) in [7, 11) is 0. The molecule has 5 heteroatoms. The third-order valence-corrected chi connectivity index (χ3v) is 4.33. The average Bonchev–Trinajstić information content (AvgIpc) is 2.53. The number of nitrogens with zero attached hydrogens (tertiary/aromatic N) is 2. The maximum absolute atomic E-state index is 4.47. The van der Waals surface area contributed by atoms with Gasteiger partial charge in [-0.2, -0.15) is 0 Å². The summed E-state index contributed by atoms with van der Waals surface area (Å²) in [6.07, 6.45) is 2.08. The van der Waals surface area contributed by atoms with Crippen LogP contribution in [0.1, 0.15) is 5.56 Å². The van der Waals surface area contributed by atoms with Gasteiger partial charge >= 0.3 is 136 Å². The Labute approximate surface area is 136 Å². The first-order chi connectivity index (χ1) is 10.3. The molecule has 0 saturated carbocycles. The predicted molar refractivity (Wildman–Crippen MR) is 90.5 cm³/mol. The van der Waals surface area contributed by atoms with Gasteiger partial charge in [0.1, 0.15) is 0 Å². The zero-order valence-electron chi connectivity index (χ0n) is 11.5. The van der Waals surface area contributed by atoms with Crippen LogP contribution in [0.15, 0.2) is 53.4 Å². The summed E-state index contributed by atoms with van der Waals surface area (Å²) in [4.78, 5) is 10.1. The van der Waals surface area contributed by atoms with Gasteiger partial charge in [-0.15, -0.1) is 0 Å². The van der Waals surface area contributed by atoms with Crippen LogP contribution < -0.4 is 10.0 Å². The van der Waals surface area contributed by atoms with Gasteiger partial charge < -0.3 is 0 Å². The molecule has 0 amide bonds. The van der Waals surface area contributed by atoms with E-state index in [9.17, 15) is 0 Å². The number of benzene rings is 2. The maximum atomic E-state index is 4.47. The van der Waals surface area contributed by atoms with Crippen LogP contribution in [0.4, 0.5) is 5.82 Å². The molecule has 1 aromatic heterocycles. The van der Waals surface area contributed by atoms with Crippen LogP contribution in [0.2, 0.25) is 0 Å². The molecule has 0 aliphatic carbocycles. The van der Waals surface area contributed by atoms with Crippen molar-refractivity contribution in [2.75, 3.05) is 11.6 Å². The van der Waals surface area contributed by atoms with Crippen molar-refractivity contribution in [3.63, 3.8) is 0 Å². The molecule has 3 rings (SSSR count). The second kappa shape index (κ2) is 6.48. The average molecular weight is 359 g/mol. The van der Waals surface area contributed by atoms with Gasteiger partial charge in [0.25, 0.3) is 0 Å². The fourth-order valence-electron chi connectivity index (χ4n) is 2.12. The molecule has 3 nitrogen and oxygen atoms in total. The van der Waals surface area contributed by atoms with Crippen molar-refractivity contribution in [3.8, 4) is 0 Å². The van der Waals surface area contributed by atoms with Gasteiger partial charge in [-0.3, -0.25) is 0 Å². The summed E-state index contributed by atoms with van der Waals surface area (Å²) in [5.74, 6) is 0.864. The third kappa shape index (κ3) is 3.38. The molecule has 0 saturated heterocycles. The summed E-state index contributed by atoms with van der Waals surface area (Å²) in [5, 5.41) is 4.44. The van der Waals surface area contributed by atoms with Crippen molar-refractivity contribution in [3.05, 3.63) is 54.1 Å². The summed E-state index contributed by atoms with van der Waals surface area (Å²) < 4.78 is 0.661. The molecule has 0 aliphatic rings. The first-order valence-corrected chi connectivity index (χ1v) is 8.65. The number of rotatable bonds is 4. The minimum atomic E-state index is 0.661. The topological polar surface area (TPSA) is 37.8 Å². The Morgan fingerprint density at radius 2 is 1.81 bits per heavy atom. The number of nitrogens with one attached hydrogen (secondary N) is 1. The molecule has 1 radical (unpaired) electrons. The molecule has 0 atom stereocenters. The van der Waals surface area contributed by atoms with Crippen LogP contribution in [0.25, 0.3) is 10.9 Å². The molecule has 0 fully saturated rings. The van der Waals surface area contributed by atoms with Gasteiger partial charge in [-0.25, -0.2) is 0 Å². The number of fused-ring (bicyclic) bond motifs is 1.